The molecule has 2 aliphatic rings. The SMILES string of the molecule is O=C(NC1CCC(O)CC1)c1cc(Cl)n2c(CC3CCC(F)(F)CC3)c(C(F)(F)F)nc2c1. The predicted octanol–water partition coefficient (Wildman–Crippen LogP) is 5.41. The minimum absolute atomic E-state index is 0.0816. The Hall–Kier alpha value is -1.94. The third kappa shape index (κ3) is 5.42. The van der Waals surface area contributed by atoms with Crippen molar-refractivity contribution in [2.45, 2.75) is 82.0 Å². The first kappa shape index (κ1) is 24.2. The Morgan fingerprint density at radius 1 is 1.15 bits per heavy atom. The maximum absolute atomic E-state index is 13.8. The first-order valence-electron chi connectivity index (χ1n) is 11.1. The van der Waals surface area contributed by atoms with Gasteiger partial charge >= 0.3 is 6.18 Å². The zero-order valence-corrected chi connectivity index (χ0v) is 18.5. The molecule has 4 rings (SSSR count). The highest BCUT2D eigenvalue weighted by Gasteiger charge is 2.41. The van der Waals surface area contributed by atoms with Crippen LogP contribution >= 0.6 is 11.6 Å². The molecule has 0 aromatic carbocycles. The average molecular weight is 494 g/mol. The van der Waals surface area contributed by atoms with Crippen LogP contribution in [-0.4, -0.2) is 38.5 Å². The highest BCUT2D eigenvalue weighted by atomic mass is 35.5. The maximum Gasteiger partial charge on any atom is 0.435 e. The van der Waals surface area contributed by atoms with Crippen molar-refractivity contribution in [2.24, 2.45) is 5.92 Å². The number of aliphatic hydroxyl groups is 1. The minimum atomic E-state index is -4.76. The molecule has 1 amide bonds. The van der Waals surface area contributed by atoms with Crippen LogP contribution in [0.25, 0.3) is 5.65 Å². The first-order valence-corrected chi connectivity index (χ1v) is 11.5. The van der Waals surface area contributed by atoms with E-state index in [2.05, 4.69) is 10.3 Å². The Morgan fingerprint density at radius 3 is 2.39 bits per heavy atom. The quantitative estimate of drug-likeness (QED) is 0.442. The van der Waals surface area contributed by atoms with Crippen molar-refractivity contribution in [3.8, 4) is 0 Å². The van der Waals surface area contributed by atoms with Crippen LogP contribution in [0.2, 0.25) is 5.15 Å². The molecule has 0 atom stereocenters. The largest absolute Gasteiger partial charge is 0.435 e. The lowest BCUT2D eigenvalue weighted by atomic mass is 9.83. The fourth-order valence-electron chi connectivity index (χ4n) is 4.79. The standard InChI is InChI=1S/C22H25ClF5N3O2/c23-17-10-13(20(33)29-14-1-3-15(32)4-2-14)11-18-30-19(22(26,27)28)16(31(17)18)9-12-5-7-21(24,25)8-6-12/h10-12,14-15,32H,1-9H2,(H,29,33). The molecule has 2 saturated carbocycles. The minimum Gasteiger partial charge on any atom is -0.393 e. The fourth-order valence-corrected chi connectivity index (χ4v) is 5.10. The molecule has 0 bridgehead atoms. The van der Waals surface area contributed by atoms with E-state index in [4.69, 9.17) is 11.6 Å². The van der Waals surface area contributed by atoms with Crippen LogP contribution in [0.1, 0.15) is 73.1 Å². The van der Waals surface area contributed by atoms with Crippen LogP contribution in [0, 0.1) is 5.92 Å². The van der Waals surface area contributed by atoms with Gasteiger partial charge in [0, 0.05) is 24.4 Å². The highest BCUT2D eigenvalue weighted by Crippen LogP contribution is 2.40. The van der Waals surface area contributed by atoms with E-state index < -0.39 is 23.7 Å². The molecule has 2 heterocycles. The number of alkyl halides is 5. The summed E-state index contributed by atoms with van der Waals surface area (Å²) in [6.45, 7) is 0. The van der Waals surface area contributed by atoms with Gasteiger partial charge in [0.2, 0.25) is 5.92 Å². The van der Waals surface area contributed by atoms with Crippen molar-refractivity contribution >= 4 is 23.2 Å². The van der Waals surface area contributed by atoms with E-state index in [-0.39, 0.29) is 72.2 Å². The number of halogens is 6. The Kier molecular flexibility index (Phi) is 6.61. The molecule has 0 saturated heterocycles. The zero-order chi connectivity index (χ0) is 24.0. The normalized spacial score (nSPS) is 24.2. The summed E-state index contributed by atoms with van der Waals surface area (Å²) in [4.78, 5) is 16.4. The molecular formula is C22H25ClF5N3O2. The second kappa shape index (κ2) is 9.02. The topological polar surface area (TPSA) is 66.6 Å². The summed E-state index contributed by atoms with van der Waals surface area (Å²) in [5.74, 6) is -3.60. The maximum atomic E-state index is 13.8. The number of nitrogens with zero attached hydrogens (tertiary/aromatic N) is 2. The van der Waals surface area contributed by atoms with Crippen molar-refractivity contribution < 1.29 is 31.9 Å². The van der Waals surface area contributed by atoms with E-state index in [0.29, 0.717) is 25.7 Å². The number of rotatable bonds is 4. The number of pyridine rings is 1. The van der Waals surface area contributed by atoms with Crippen LogP contribution in [0.3, 0.4) is 0 Å². The summed E-state index contributed by atoms with van der Waals surface area (Å²) in [6.07, 6.45) is -3.36. The van der Waals surface area contributed by atoms with Crippen LogP contribution in [0.5, 0.6) is 0 Å². The van der Waals surface area contributed by atoms with Gasteiger partial charge in [-0.25, -0.2) is 13.8 Å². The summed E-state index contributed by atoms with van der Waals surface area (Å²) in [7, 11) is 0. The summed E-state index contributed by atoms with van der Waals surface area (Å²) in [5, 5.41) is 12.3. The molecule has 33 heavy (non-hydrogen) atoms. The lowest BCUT2D eigenvalue weighted by Crippen LogP contribution is -2.38. The predicted molar refractivity (Wildman–Crippen MR) is 112 cm³/mol. The Labute approximate surface area is 192 Å². The van der Waals surface area contributed by atoms with Gasteiger partial charge in [-0.15, -0.1) is 0 Å². The Morgan fingerprint density at radius 2 is 1.79 bits per heavy atom. The molecule has 2 aromatic rings. The van der Waals surface area contributed by atoms with Crippen LogP contribution in [0.15, 0.2) is 12.1 Å². The Balaban J connectivity index is 1.62. The summed E-state index contributed by atoms with van der Waals surface area (Å²) >= 11 is 6.32. The number of carbonyl (C=O) groups excluding carboxylic acids is 1. The van der Waals surface area contributed by atoms with Crippen LogP contribution < -0.4 is 5.32 Å². The van der Waals surface area contributed by atoms with Gasteiger partial charge in [-0.05, 0) is 63.0 Å². The van der Waals surface area contributed by atoms with Gasteiger partial charge in [0.05, 0.1) is 11.8 Å². The van der Waals surface area contributed by atoms with E-state index >= 15 is 0 Å². The second-order valence-electron chi connectivity index (χ2n) is 9.15. The molecular weight excluding hydrogens is 469 g/mol. The zero-order valence-electron chi connectivity index (χ0n) is 17.8. The molecule has 2 aliphatic carbocycles. The molecule has 0 aliphatic heterocycles. The number of hydrogen-bond acceptors (Lipinski definition) is 3. The number of nitrogens with one attached hydrogen (secondary N) is 1. The van der Waals surface area contributed by atoms with Crippen LogP contribution in [0.4, 0.5) is 22.0 Å². The second-order valence-corrected chi connectivity index (χ2v) is 9.53. The third-order valence-electron chi connectivity index (χ3n) is 6.65. The summed E-state index contributed by atoms with van der Waals surface area (Å²) in [6, 6.07) is 2.41. The van der Waals surface area contributed by atoms with E-state index in [1.165, 1.54) is 12.1 Å². The number of imidazole rings is 1. The molecule has 0 spiro atoms. The molecule has 0 radical (unpaired) electrons. The highest BCUT2D eigenvalue weighted by molar-refractivity contribution is 6.30. The van der Waals surface area contributed by atoms with Crippen molar-refractivity contribution in [3.05, 3.63) is 34.2 Å². The monoisotopic (exact) mass is 493 g/mol. The van der Waals surface area contributed by atoms with Crippen molar-refractivity contribution in [1.82, 2.24) is 14.7 Å². The van der Waals surface area contributed by atoms with Crippen LogP contribution in [-0.2, 0) is 12.6 Å². The van der Waals surface area contributed by atoms with E-state index in [9.17, 15) is 31.9 Å². The Bertz CT molecular complexity index is 1020. The molecule has 2 fully saturated rings. The molecule has 2 aromatic heterocycles. The molecule has 2 N–H and O–H groups in total. The van der Waals surface area contributed by atoms with Crippen molar-refractivity contribution in [2.75, 3.05) is 0 Å². The lowest BCUT2D eigenvalue weighted by molar-refractivity contribution is -0.141. The van der Waals surface area contributed by atoms with Gasteiger partial charge in [-0.3, -0.25) is 9.20 Å². The van der Waals surface area contributed by atoms with Crippen molar-refractivity contribution in [3.63, 3.8) is 0 Å². The van der Waals surface area contributed by atoms with E-state index in [1.54, 1.807) is 0 Å². The third-order valence-corrected chi connectivity index (χ3v) is 6.93. The number of aliphatic hydroxyl groups excluding tert-OH is 1. The van der Waals surface area contributed by atoms with E-state index in [0.717, 1.165) is 4.40 Å². The molecule has 11 heteroatoms. The number of fused-ring (bicyclic) bond motifs is 1. The average Bonchev–Trinajstić information content (AvgIpc) is 3.10. The van der Waals surface area contributed by atoms with Gasteiger partial charge in [0.25, 0.3) is 5.91 Å². The van der Waals surface area contributed by atoms with Gasteiger partial charge in [0.15, 0.2) is 5.69 Å². The summed E-state index contributed by atoms with van der Waals surface area (Å²) in [5.41, 5.74) is -1.32. The van der Waals surface area contributed by atoms with Gasteiger partial charge < -0.3 is 10.4 Å². The number of hydrogen-bond donors (Lipinski definition) is 2. The smallest absolute Gasteiger partial charge is 0.393 e. The summed E-state index contributed by atoms with van der Waals surface area (Å²) < 4.78 is 69.4. The molecule has 182 valence electrons. The van der Waals surface area contributed by atoms with Gasteiger partial charge in [0.1, 0.15) is 10.8 Å². The molecule has 0 unspecified atom stereocenters. The number of aromatic nitrogens is 2. The number of carbonyl (C=O) groups is 1. The van der Waals surface area contributed by atoms with E-state index in [1.807, 2.05) is 0 Å². The first-order chi connectivity index (χ1) is 15.4. The molecule has 5 nitrogen and oxygen atoms in total. The number of amides is 1. The lowest BCUT2D eigenvalue weighted by Gasteiger charge is -2.28. The fraction of sp³-hybridized carbons (Fsp3) is 0.636. The van der Waals surface area contributed by atoms with Gasteiger partial charge in [-0.2, -0.15) is 13.2 Å². The van der Waals surface area contributed by atoms with Gasteiger partial charge in [-0.1, -0.05) is 11.6 Å². The van der Waals surface area contributed by atoms with Crippen molar-refractivity contribution in [1.29, 1.82) is 0 Å².